The second-order valence-electron chi connectivity index (χ2n) is 4.65. The molecule has 122 valence electrons. The minimum atomic E-state index is -3.48. The topological polar surface area (TPSA) is 144 Å². The summed E-state index contributed by atoms with van der Waals surface area (Å²) in [5.41, 5.74) is 4.01. The minimum Gasteiger partial charge on any atom is -0.624 e. The summed E-state index contributed by atoms with van der Waals surface area (Å²) >= 11 is 0. The van der Waals surface area contributed by atoms with Gasteiger partial charge in [0, 0.05) is 6.42 Å². The highest BCUT2D eigenvalue weighted by Crippen LogP contribution is 2.51. The van der Waals surface area contributed by atoms with E-state index in [4.69, 9.17) is 19.3 Å². The Balaban J connectivity index is 2.67. The molecule has 0 aliphatic rings. The molecular formula is C13H19NO7P+. The number of carboxylic acids is 2. The maximum Gasteiger partial charge on any atom is 0.362 e. The van der Waals surface area contributed by atoms with E-state index in [0.717, 1.165) is 0 Å². The molecule has 0 spiro atoms. The van der Waals surface area contributed by atoms with Gasteiger partial charge < -0.3 is 25.4 Å². The molecule has 0 fully saturated rings. The average Bonchev–Trinajstić information content (AvgIpc) is 2.46. The van der Waals surface area contributed by atoms with E-state index in [1.807, 2.05) is 0 Å². The number of carbonyl (C=O) groups is 2. The van der Waals surface area contributed by atoms with Crippen LogP contribution in [-0.4, -0.2) is 41.5 Å². The molecule has 1 aromatic carbocycles. The van der Waals surface area contributed by atoms with Crippen molar-refractivity contribution < 1.29 is 39.5 Å². The molecule has 22 heavy (non-hydrogen) atoms. The molecule has 2 atom stereocenters. The first-order valence-corrected chi connectivity index (χ1v) is 8.19. The van der Waals surface area contributed by atoms with Gasteiger partial charge in [-0.1, -0.05) is 12.1 Å². The maximum absolute atomic E-state index is 12.4. The van der Waals surface area contributed by atoms with Gasteiger partial charge in [0.25, 0.3) is 7.94 Å². The van der Waals surface area contributed by atoms with Crippen LogP contribution in [0.4, 0.5) is 0 Å². The lowest BCUT2D eigenvalue weighted by Gasteiger charge is -2.26. The van der Waals surface area contributed by atoms with Crippen LogP contribution in [0.25, 0.3) is 0 Å². The third-order valence-corrected chi connectivity index (χ3v) is 4.75. The normalized spacial score (nSPS) is 14.9. The molecule has 0 saturated heterocycles. The highest BCUT2D eigenvalue weighted by molar-refractivity contribution is 7.59. The molecule has 0 amide bonds. The Morgan fingerprint density at radius 1 is 1.32 bits per heavy atom. The molecule has 5 N–H and O–H groups in total. The molecule has 0 saturated carbocycles. The first-order chi connectivity index (χ1) is 10.3. The lowest BCUT2D eigenvalue weighted by atomic mass is 10.1. The van der Waals surface area contributed by atoms with Gasteiger partial charge in [-0.25, -0.2) is 9.32 Å². The van der Waals surface area contributed by atoms with Crippen molar-refractivity contribution in [2.75, 3.05) is 13.3 Å². The van der Waals surface area contributed by atoms with Gasteiger partial charge in [-0.2, -0.15) is 0 Å². The Kier molecular flexibility index (Phi) is 6.70. The van der Waals surface area contributed by atoms with Gasteiger partial charge in [-0.15, -0.1) is 0 Å². The summed E-state index contributed by atoms with van der Waals surface area (Å²) in [6.07, 6.45) is -0.150. The standard InChI is InChI=1S/C13H18NO7P/c1-20-22(19,7-6-11(14)13(17)18)21-10-4-2-9(3-5-10)8-12(15)16/h2-5,11H,6-8,14H2,1H3,(H,15,16)(H,17,18)/p+1. The summed E-state index contributed by atoms with van der Waals surface area (Å²) < 4.78 is 10.2. The summed E-state index contributed by atoms with van der Waals surface area (Å²) in [4.78, 5) is 33.7. The number of rotatable bonds is 9. The Bertz CT molecular complexity index is 522. The van der Waals surface area contributed by atoms with Gasteiger partial charge >= 0.3 is 11.9 Å². The van der Waals surface area contributed by atoms with E-state index >= 15 is 0 Å². The molecule has 0 aliphatic carbocycles. The number of carboxylic acid groups (broad SMARTS) is 2. The first kappa shape index (κ1) is 18.3. The number of benzene rings is 1. The average molecular weight is 332 g/mol. The van der Waals surface area contributed by atoms with Crippen molar-refractivity contribution in [3.8, 4) is 5.75 Å². The molecule has 1 rings (SSSR count). The third-order valence-electron chi connectivity index (χ3n) is 2.90. The summed E-state index contributed by atoms with van der Waals surface area (Å²) in [6, 6.07) is 5.17. The van der Waals surface area contributed by atoms with Crippen LogP contribution in [0.5, 0.6) is 5.75 Å². The molecule has 0 bridgehead atoms. The molecule has 0 radical (unpaired) electrons. The van der Waals surface area contributed by atoms with E-state index in [9.17, 15) is 14.5 Å². The van der Waals surface area contributed by atoms with E-state index in [1.165, 1.54) is 19.2 Å². The Morgan fingerprint density at radius 2 is 1.91 bits per heavy atom. The van der Waals surface area contributed by atoms with Crippen molar-refractivity contribution in [1.29, 1.82) is 0 Å². The molecule has 0 aliphatic heterocycles. The van der Waals surface area contributed by atoms with E-state index in [1.54, 1.807) is 12.1 Å². The van der Waals surface area contributed by atoms with Crippen molar-refractivity contribution in [3.63, 3.8) is 0 Å². The van der Waals surface area contributed by atoms with Crippen molar-refractivity contribution in [2.24, 2.45) is 0 Å². The lowest BCUT2D eigenvalue weighted by Crippen LogP contribution is -2.65. The van der Waals surface area contributed by atoms with E-state index in [-0.39, 0.29) is 24.8 Å². The first-order valence-electron chi connectivity index (χ1n) is 6.47. The third kappa shape index (κ3) is 5.95. The van der Waals surface area contributed by atoms with Crippen molar-refractivity contribution in [3.05, 3.63) is 29.8 Å². The summed E-state index contributed by atoms with van der Waals surface area (Å²) in [5, 5.41) is 17.4. The Labute approximate surface area is 128 Å². The van der Waals surface area contributed by atoms with Crippen molar-refractivity contribution in [2.45, 2.75) is 18.9 Å². The van der Waals surface area contributed by atoms with Gasteiger partial charge in [-0.05, 0) is 17.7 Å². The van der Waals surface area contributed by atoms with Crippen LogP contribution in [0.1, 0.15) is 12.0 Å². The maximum atomic E-state index is 12.4. The quantitative estimate of drug-likeness (QED) is 0.519. The van der Waals surface area contributed by atoms with E-state index in [0.29, 0.717) is 5.56 Å². The molecular weight excluding hydrogens is 313 g/mol. The van der Waals surface area contributed by atoms with Gasteiger partial charge in [0.05, 0.1) is 13.5 Å². The SMILES string of the molecule is CO[P+]([O-])(CCC([NH3+])C(=O)O)Oc1ccc(CC(=O)O)cc1. The van der Waals surface area contributed by atoms with Crippen LogP contribution in [0.2, 0.25) is 0 Å². The second-order valence-corrected chi connectivity index (χ2v) is 6.86. The van der Waals surface area contributed by atoms with Crippen molar-refractivity contribution in [1.82, 2.24) is 0 Å². The van der Waals surface area contributed by atoms with Gasteiger partial charge in [0.1, 0.15) is 6.16 Å². The second kappa shape index (κ2) is 8.05. The largest absolute Gasteiger partial charge is 0.624 e. The molecule has 0 aromatic heterocycles. The smallest absolute Gasteiger partial charge is 0.362 e. The van der Waals surface area contributed by atoms with Gasteiger partial charge in [-0.3, -0.25) is 4.79 Å². The van der Waals surface area contributed by atoms with E-state index in [2.05, 4.69) is 5.73 Å². The lowest BCUT2D eigenvalue weighted by molar-refractivity contribution is -0.408. The number of hydrogen-bond acceptors (Lipinski definition) is 5. The fraction of sp³-hybridized carbons (Fsp3) is 0.385. The number of hydrogen-bond donors (Lipinski definition) is 3. The van der Waals surface area contributed by atoms with Crippen molar-refractivity contribution >= 4 is 19.9 Å². The predicted molar refractivity (Wildman–Crippen MR) is 76.1 cm³/mol. The Morgan fingerprint density at radius 3 is 2.36 bits per heavy atom. The Hall–Kier alpha value is -1.73. The fourth-order valence-corrected chi connectivity index (χ4v) is 3.03. The zero-order valence-electron chi connectivity index (χ0n) is 12.1. The molecule has 1 aromatic rings. The predicted octanol–water partition coefficient (Wildman–Crippen LogP) is -0.453. The molecule has 8 nitrogen and oxygen atoms in total. The zero-order chi connectivity index (χ0) is 16.8. The summed E-state index contributed by atoms with van der Waals surface area (Å²) in [7, 11) is -2.26. The molecule has 9 heteroatoms. The summed E-state index contributed by atoms with van der Waals surface area (Å²) in [6.45, 7) is 0. The fourth-order valence-electron chi connectivity index (χ4n) is 1.62. The minimum absolute atomic E-state index is 0.0531. The summed E-state index contributed by atoms with van der Waals surface area (Å²) in [5.74, 6) is -1.78. The van der Waals surface area contributed by atoms with Crippen LogP contribution in [0.3, 0.4) is 0 Å². The molecule has 2 unspecified atom stereocenters. The van der Waals surface area contributed by atoms with Crippen LogP contribution < -0.4 is 15.2 Å². The van der Waals surface area contributed by atoms with E-state index < -0.39 is 25.9 Å². The van der Waals surface area contributed by atoms with Gasteiger partial charge in [0.2, 0.25) is 0 Å². The zero-order valence-corrected chi connectivity index (χ0v) is 13.0. The van der Waals surface area contributed by atoms with Gasteiger partial charge in [0.15, 0.2) is 11.8 Å². The molecule has 0 heterocycles. The van der Waals surface area contributed by atoms with Crippen LogP contribution in [0.15, 0.2) is 24.3 Å². The highest BCUT2D eigenvalue weighted by atomic mass is 31.2. The van der Waals surface area contributed by atoms with Crippen LogP contribution in [-0.2, 0) is 20.5 Å². The monoisotopic (exact) mass is 332 g/mol. The highest BCUT2D eigenvalue weighted by Gasteiger charge is 2.33. The van der Waals surface area contributed by atoms with Crippen LogP contribution in [0, 0.1) is 0 Å². The van der Waals surface area contributed by atoms with Crippen LogP contribution >= 0.6 is 7.94 Å². The number of quaternary nitrogens is 1. The number of aliphatic carboxylic acids is 2.